The normalized spacial score (nSPS) is 9.50. The van der Waals surface area contributed by atoms with Gasteiger partial charge in [-0.2, -0.15) is 5.26 Å². The number of rotatable bonds is 2. The van der Waals surface area contributed by atoms with Crippen LogP contribution in [0.25, 0.3) is 0 Å². The summed E-state index contributed by atoms with van der Waals surface area (Å²) in [4.78, 5) is 3.86. The van der Waals surface area contributed by atoms with Crippen LogP contribution in [0.1, 0.15) is 19.4 Å². The second kappa shape index (κ2) is 3.72. The van der Waals surface area contributed by atoms with Gasteiger partial charge in [-0.3, -0.25) is 4.98 Å². The van der Waals surface area contributed by atoms with E-state index in [9.17, 15) is 0 Å². The van der Waals surface area contributed by atoms with Gasteiger partial charge in [0.05, 0.1) is 17.9 Å². The number of aromatic nitrogens is 1. The SMILES string of the molecule is CC(C)Oc1cncc(C#N)c1. The standard InChI is InChI=1S/C9H10N2O/c1-7(2)12-9-3-8(4-10)5-11-6-9/h3,5-7H,1-2H3. The van der Waals surface area contributed by atoms with Crippen LogP contribution in [0.4, 0.5) is 0 Å². The highest BCUT2D eigenvalue weighted by Gasteiger charge is 1.98. The Balaban J connectivity index is 2.81. The zero-order chi connectivity index (χ0) is 8.97. The molecule has 62 valence electrons. The van der Waals surface area contributed by atoms with Gasteiger partial charge in [0.25, 0.3) is 0 Å². The highest BCUT2D eigenvalue weighted by atomic mass is 16.5. The Morgan fingerprint density at radius 2 is 2.25 bits per heavy atom. The summed E-state index contributed by atoms with van der Waals surface area (Å²) in [6.45, 7) is 3.86. The van der Waals surface area contributed by atoms with E-state index in [1.54, 1.807) is 12.3 Å². The van der Waals surface area contributed by atoms with E-state index in [1.807, 2.05) is 19.9 Å². The average molecular weight is 162 g/mol. The minimum Gasteiger partial charge on any atom is -0.489 e. The molecule has 3 nitrogen and oxygen atoms in total. The van der Waals surface area contributed by atoms with E-state index in [1.165, 1.54) is 6.20 Å². The van der Waals surface area contributed by atoms with Crippen molar-refractivity contribution >= 4 is 0 Å². The van der Waals surface area contributed by atoms with Crippen LogP contribution in [0.3, 0.4) is 0 Å². The van der Waals surface area contributed by atoms with Crippen molar-refractivity contribution in [3.8, 4) is 11.8 Å². The van der Waals surface area contributed by atoms with Crippen LogP contribution in [0.5, 0.6) is 5.75 Å². The summed E-state index contributed by atoms with van der Waals surface area (Å²) in [5, 5.41) is 8.55. The van der Waals surface area contributed by atoms with Crippen LogP contribution in [0.2, 0.25) is 0 Å². The zero-order valence-corrected chi connectivity index (χ0v) is 7.11. The Hall–Kier alpha value is -1.56. The molecule has 0 aliphatic rings. The Bertz CT molecular complexity index is 302. The molecule has 1 heterocycles. The molecule has 0 saturated heterocycles. The Morgan fingerprint density at radius 3 is 2.83 bits per heavy atom. The number of nitrogens with zero attached hydrogens (tertiary/aromatic N) is 2. The van der Waals surface area contributed by atoms with Gasteiger partial charge in [0.1, 0.15) is 11.8 Å². The monoisotopic (exact) mass is 162 g/mol. The molecule has 0 bridgehead atoms. The molecule has 0 unspecified atom stereocenters. The van der Waals surface area contributed by atoms with Crippen molar-refractivity contribution in [3.63, 3.8) is 0 Å². The minimum absolute atomic E-state index is 0.112. The van der Waals surface area contributed by atoms with Crippen LogP contribution < -0.4 is 4.74 Å². The van der Waals surface area contributed by atoms with Crippen molar-refractivity contribution < 1.29 is 4.74 Å². The molecule has 3 heteroatoms. The lowest BCUT2D eigenvalue weighted by Crippen LogP contribution is -2.05. The van der Waals surface area contributed by atoms with Crippen molar-refractivity contribution in [1.29, 1.82) is 5.26 Å². The molecule has 0 amide bonds. The fourth-order valence-corrected chi connectivity index (χ4v) is 0.817. The Morgan fingerprint density at radius 1 is 1.50 bits per heavy atom. The Labute approximate surface area is 71.6 Å². The van der Waals surface area contributed by atoms with Crippen LogP contribution in [0, 0.1) is 11.3 Å². The molecule has 0 N–H and O–H groups in total. The molecular formula is C9H10N2O. The number of nitriles is 1. The summed E-state index contributed by atoms with van der Waals surface area (Å²) < 4.78 is 5.34. The first-order valence-corrected chi connectivity index (χ1v) is 3.74. The summed E-state index contributed by atoms with van der Waals surface area (Å²) in [5.41, 5.74) is 0.521. The van der Waals surface area contributed by atoms with Crippen molar-refractivity contribution in [2.45, 2.75) is 20.0 Å². The van der Waals surface area contributed by atoms with Gasteiger partial charge in [-0.05, 0) is 13.8 Å². The van der Waals surface area contributed by atoms with E-state index in [0.717, 1.165) is 0 Å². The van der Waals surface area contributed by atoms with Gasteiger partial charge < -0.3 is 4.74 Å². The molecule has 0 atom stereocenters. The second-order valence-electron chi connectivity index (χ2n) is 2.69. The third kappa shape index (κ3) is 2.24. The van der Waals surface area contributed by atoms with Gasteiger partial charge in [-0.25, -0.2) is 0 Å². The third-order valence-corrected chi connectivity index (χ3v) is 1.21. The van der Waals surface area contributed by atoms with Gasteiger partial charge >= 0.3 is 0 Å². The highest BCUT2D eigenvalue weighted by Crippen LogP contribution is 2.11. The molecule has 0 saturated carbocycles. The van der Waals surface area contributed by atoms with E-state index in [4.69, 9.17) is 10.00 Å². The quantitative estimate of drug-likeness (QED) is 0.665. The third-order valence-electron chi connectivity index (χ3n) is 1.21. The first-order chi connectivity index (χ1) is 5.72. The molecule has 0 aliphatic carbocycles. The van der Waals surface area contributed by atoms with E-state index in [2.05, 4.69) is 4.98 Å². The van der Waals surface area contributed by atoms with Crippen molar-refractivity contribution in [2.24, 2.45) is 0 Å². The minimum atomic E-state index is 0.112. The number of hydrogen-bond donors (Lipinski definition) is 0. The molecule has 12 heavy (non-hydrogen) atoms. The summed E-state index contributed by atoms with van der Waals surface area (Å²) in [7, 11) is 0. The number of ether oxygens (including phenoxy) is 1. The van der Waals surface area contributed by atoms with E-state index < -0.39 is 0 Å². The summed E-state index contributed by atoms with van der Waals surface area (Å²) >= 11 is 0. The van der Waals surface area contributed by atoms with E-state index in [-0.39, 0.29) is 6.10 Å². The first-order valence-electron chi connectivity index (χ1n) is 3.74. The molecule has 0 aliphatic heterocycles. The van der Waals surface area contributed by atoms with Gasteiger partial charge in [0, 0.05) is 12.3 Å². The van der Waals surface area contributed by atoms with Crippen molar-refractivity contribution in [2.75, 3.05) is 0 Å². The van der Waals surface area contributed by atoms with Crippen LogP contribution in [0.15, 0.2) is 18.5 Å². The first kappa shape index (κ1) is 8.54. The molecule has 1 aromatic rings. The maximum atomic E-state index is 8.55. The van der Waals surface area contributed by atoms with Gasteiger partial charge in [0.15, 0.2) is 0 Å². The van der Waals surface area contributed by atoms with Crippen molar-refractivity contribution in [3.05, 3.63) is 24.0 Å². The molecule has 0 spiro atoms. The molecule has 0 radical (unpaired) electrons. The maximum absolute atomic E-state index is 8.55. The average Bonchev–Trinajstić information content (AvgIpc) is 2.03. The fraction of sp³-hybridized carbons (Fsp3) is 0.333. The number of pyridine rings is 1. The van der Waals surface area contributed by atoms with E-state index >= 15 is 0 Å². The molecule has 0 fully saturated rings. The van der Waals surface area contributed by atoms with Gasteiger partial charge in [-0.1, -0.05) is 0 Å². The summed E-state index contributed by atoms with van der Waals surface area (Å²) in [6.07, 6.45) is 3.22. The molecule has 1 rings (SSSR count). The largest absolute Gasteiger partial charge is 0.489 e. The molecule has 0 aromatic carbocycles. The van der Waals surface area contributed by atoms with Crippen LogP contribution in [-0.4, -0.2) is 11.1 Å². The van der Waals surface area contributed by atoms with E-state index in [0.29, 0.717) is 11.3 Å². The second-order valence-corrected chi connectivity index (χ2v) is 2.69. The topological polar surface area (TPSA) is 45.9 Å². The van der Waals surface area contributed by atoms with Crippen LogP contribution in [-0.2, 0) is 0 Å². The molecule has 1 aromatic heterocycles. The zero-order valence-electron chi connectivity index (χ0n) is 7.11. The molecular weight excluding hydrogens is 152 g/mol. The lowest BCUT2D eigenvalue weighted by molar-refractivity contribution is 0.241. The maximum Gasteiger partial charge on any atom is 0.139 e. The summed E-state index contributed by atoms with van der Waals surface area (Å²) in [5.74, 6) is 0.643. The predicted octanol–water partition coefficient (Wildman–Crippen LogP) is 1.74. The van der Waals surface area contributed by atoms with Crippen molar-refractivity contribution in [1.82, 2.24) is 4.98 Å². The number of hydrogen-bond acceptors (Lipinski definition) is 3. The Kier molecular flexibility index (Phi) is 2.65. The smallest absolute Gasteiger partial charge is 0.139 e. The fourth-order valence-electron chi connectivity index (χ4n) is 0.817. The predicted molar refractivity (Wildman–Crippen MR) is 44.7 cm³/mol. The van der Waals surface area contributed by atoms with Gasteiger partial charge in [-0.15, -0.1) is 0 Å². The van der Waals surface area contributed by atoms with Gasteiger partial charge in [0.2, 0.25) is 0 Å². The lowest BCUT2D eigenvalue weighted by atomic mass is 10.3. The van der Waals surface area contributed by atoms with Crippen LogP contribution >= 0.6 is 0 Å². The summed E-state index contributed by atoms with van der Waals surface area (Å²) in [6, 6.07) is 3.67. The lowest BCUT2D eigenvalue weighted by Gasteiger charge is -2.08. The highest BCUT2D eigenvalue weighted by molar-refractivity contribution is 5.32.